The zero-order valence-electron chi connectivity index (χ0n) is 38.5. The van der Waals surface area contributed by atoms with Gasteiger partial charge in [-0.3, -0.25) is 0 Å². The van der Waals surface area contributed by atoms with Crippen LogP contribution < -0.4 is 27.2 Å². The molecule has 0 radical (unpaired) electrons. The quantitative estimate of drug-likeness (QED) is 0.114. The Bertz CT molecular complexity index is 3580. The van der Waals surface area contributed by atoms with Crippen molar-refractivity contribution in [1.29, 1.82) is 0 Å². The van der Waals surface area contributed by atoms with Crippen LogP contribution in [0.4, 0.5) is 17.1 Å². The van der Waals surface area contributed by atoms with Gasteiger partial charge in [-0.2, -0.15) is 0 Å². The van der Waals surface area contributed by atoms with E-state index in [9.17, 15) is 0 Å². The van der Waals surface area contributed by atoms with Gasteiger partial charge in [0.25, 0.3) is 0 Å². The summed E-state index contributed by atoms with van der Waals surface area (Å²) in [5.74, 6) is 1.59. The Morgan fingerprint density at radius 2 is 0.671 bits per heavy atom. The Balaban J connectivity index is 0.932. The number of para-hydroxylation sites is 2. The van der Waals surface area contributed by atoms with Crippen molar-refractivity contribution in [3.8, 4) is 39.4 Å². The molecule has 11 aromatic carbocycles. The summed E-state index contributed by atoms with van der Waals surface area (Å²) >= 11 is -3.38. The van der Waals surface area contributed by atoms with Gasteiger partial charge in [-0.1, -0.05) is 78.9 Å². The predicted octanol–water partition coefficient (Wildman–Crippen LogP) is 14.8. The number of benzene rings is 11. The van der Waals surface area contributed by atoms with Crippen molar-refractivity contribution in [1.82, 2.24) is 4.57 Å². The summed E-state index contributed by atoms with van der Waals surface area (Å²) in [6.45, 7) is 0. The van der Waals surface area contributed by atoms with Gasteiger partial charge in [0.05, 0.1) is 11.0 Å². The van der Waals surface area contributed by atoms with Gasteiger partial charge >= 0.3 is 251 Å². The summed E-state index contributed by atoms with van der Waals surface area (Å²) < 4.78 is 14.3. The molecular weight excluding hydrogens is 909 g/mol. The summed E-state index contributed by atoms with van der Waals surface area (Å²) in [4.78, 5) is 2.35. The van der Waals surface area contributed by atoms with Gasteiger partial charge in [-0.15, -0.1) is 0 Å². The molecule has 0 amide bonds. The number of nitrogens with zero attached hydrogens (tertiary/aromatic N) is 2. The molecule has 0 saturated heterocycles. The third kappa shape index (κ3) is 7.96. The van der Waals surface area contributed by atoms with Crippen LogP contribution in [0.3, 0.4) is 0 Å². The monoisotopic (exact) mass is 958 g/mol. The number of ether oxygens (including phenoxy) is 1. The fourth-order valence-electron chi connectivity index (χ4n) is 10.3. The van der Waals surface area contributed by atoms with Gasteiger partial charge in [0.2, 0.25) is 0 Å². The van der Waals surface area contributed by atoms with Crippen molar-refractivity contribution in [2.24, 2.45) is 0 Å². The third-order valence-electron chi connectivity index (χ3n) is 13.6. The van der Waals surface area contributed by atoms with Crippen molar-refractivity contribution in [2.45, 2.75) is 0 Å². The molecular formula is C66H48GeN2O. The van der Waals surface area contributed by atoms with Crippen LogP contribution >= 0.6 is 0 Å². The van der Waals surface area contributed by atoms with Gasteiger partial charge in [0, 0.05) is 11.1 Å². The number of rotatable bonds is 12. The van der Waals surface area contributed by atoms with Gasteiger partial charge in [-0.25, -0.2) is 0 Å². The Hall–Kier alpha value is -8.64. The number of aromatic nitrogens is 1. The molecule has 0 N–H and O–H groups in total. The van der Waals surface area contributed by atoms with Crippen LogP contribution in [0.5, 0.6) is 11.5 Å². The van der Waals surface area contributed by atoms with Crippen molar-refractivity contribution in [3.05, 3.63) is 291 Å². The van der Waals surface area contributed by atoms with E-state index in [1.54, 1.807) is 0 Å². The molecule has 0 spiro atoms. The molecule has 3 nitrogen and oxygen atoms in total. The Labute approximate surface area is 412 Å². The molecule has 332 valence electrons. The molecule has 0 bridgehead atoms. The summed E-state index contributed by atoms with van der Waals surface area (Å²) in [5.41, 5.74) is 11.4. The maximum atomic E-state index is 6.26. The van der Waals surface area contributed by atoms with Crippen molar-refractivity contribution in [3.63, 3.8) is 0 Å². The summed E-state index contributed by atoms with van der Waals surface area (Å²) in [6.07, 6.45) is 0. The van der Waals surface area contributed by atoms with Gasteiger partial charge in [0.1, 0.15) is 11.5 Å². The fraction of sp³-hybridized carbons (Fsp3) is 0. The van der Waals surface area contributed by atoms with E-state index in [4.69, 9.17) is 4.74 Å². The van der Waals surface area contributed by atoms with Gasteiger partial charge in [0.15, 0.2) is 0 Å². The molecule has 12 aromatic rings. The van der Waals surface area contributed by atoms with E-state index in [1.807, 2.05) is 30.3 Å². The van der Waals surface area contributed by atoms with Crippen LogP contribution in [0, 0.1) is 0 Å². The smallest absolute Gasteiger partial charge is 0.0586 e. The summed E-state index contributed by atoms with van der Waals surface area (Å²) in [5, 5.41) is 2.39. The second-order valence-electron chi connectivity index (χ2n) is 17.7. The van der Waals surface area contributed by atoms with E-state index in [1.165, 1.54) is 50.6 Å². The van der Waals surface area contributed by atoms with Crippen LogP contribution in [-0.4, -0.2) is 17.8 Å². The first-order valence-corrected chi connectivity index (χ1v) is 28.1. The molecule has 0 atom stereocenters. The Kier molecular flexibility index (Phi) is 11.5. The van der Waals surface area contributed by atoms with Crippen LogP contribution in [0.25, 0.3) is 49.7 Å². The second-order valence-corrected chi connectivity index (χ2v) is 25.7. The third-order valence-corrected chi connectivity index (χ3v) is 23.7. The van der Waals surface area contributed by atoms with E-state index >= 15 is 0 Å². The molecule has 0 aliphatic heterocycles. The minimum Gasteiger partial charge on any atom is -0.0586 e. The molecule has 0 aliphatic carbocycles. The molecule has 0 fully saturated rings. The Morgan fingerprint density at radius 3 is 1.23 bits per heavy atom. The minimum atomic E-state index is -3.38. The van der Waals surface area contributed by atoms with Crippen molar-refractivity contribution in [2.75, 3.05) is 4.90 Å². The Morgan fingerprint density at radius 1 is 0.286 bits per heavy atom. The van der Waals surface area contributed by atoms with Gasteiger partial charge < -0.3 is 9.30 Å². The predicted molar refractivity (Wildman–Crippen MR) is 296 cm³/mol. The van der Waals surface area contributed by atoms with Crippen molar-refractivity contribution >= 4 is 69.7 Å². The van der Waals surface area contributed by atoms with E-state index in [0.717, 1.165) is 45.3 Å². The standard InChI is InChI=1S/C66H48GeN2O/c1-6-18-49(19-7-1)51-34-40-59(41-35-51)69-65-29-17-16-28-63(65)64-48-60(44-47-66(64)69)68(58-42-45-62(46-43-58)70-61-26-14-5-15-27-61)57-38-32-52(33-39-57)50-30-36-56(37-31-50)67(53-20-8-2-9-21-53,54-22-10-3-11-23-54)55-24-12-4-13-25-55/h1-48H. The topological polar surface area (TPSA) is 17.4 Å². The molecule has 4 heteroatoms. The van der Waals surface area contributed by atoms with E-state index < -0.39 is 13.3 Å². The molecule has 70 heavy (non-hydrogen) atoms. The summed E-state index contributed by atoms with van der Waals surface area (Å²) in [6, 6.07) is 105. The molecule has 0 saturated carbocycles. The van der Waals surface area contributed by atoms with E-state index in [-0.39, 0.29) is 0 Å². The molecule has 1 heterocycles. The fourth-order valence-corrected chi connectivity index (χ4v) is 20.3. The van der Waals surface area contributed by atoms with Gasteiger partial charge in [-0.05, 0) is 41.5 Å². The van der Waals surface area contributed by atoms with Crippen LogP contribution in [-0.2, 0) is 0 Å². The average molecular weight is 958 g/mol. The average Bonchev–Trinajstić information content (AvgIpc) is 3.77. The number of hydrogen-bond acceptors (Lipinski definition) is 2. The number of hydrogen-bond donors (Lipinski definition) is 0. The van der Waals surface area contributed by atoms with Crippen LogP contribution in [0.2, 0.25) is 0 Å². The summed E-state index contributed by atoms with van der Waals surface area (Å²) in [7, 11) is 0. The number of anilines is 3. The number of fused-ring (bicyclic) bond motifs is 3. The van der Waals surface area contributed by atoms with Crippen LogP contribution in [0.1, 0.15) is 0 Å². The van der Waals surface area contributed by atoms with E-state index in [2.05, 4.69) is 270 Å². The molecule has 12 rings (SSSR count). The zero-order valence-corrected chi connectivity index (χ0v) is 40.6. The molecule has 0 aliphatic rings. The second kappa shape index (κ2) is 18.8. The SMILES string of the molecule is c1ccc(Oc2ccc(N(c3ccc(-c4cc[c]([Ge]([c]5ccccc5)([c]5ccccc5)[c]5ccccc5)cc4)cc3)c3ccc4c(c3)c3ccccc3n4-c3ccc(-c4ccccc4)cc3)cc2)cc1. The first-order valence-electron chi connectivity index (χ1n) is 23.9. The minimum absolute atomic E-state index is 0.783. The molecule has 0 unspecified atom stereocenters. The maximum absolute atomic E-state index is 6.26. The van der Waals surface area contributed by atoms with E-state index in [0.29, 0.717) is 0 Å². The first-order chi connectivity index (χ1) is 34.7. The first kappa shape index (κ1) is 42.7. The molecule has 1 aromatic heterocycles. The zero-order chi connectivity index (χ0) is 46.7. The van der Waals surface area contributed by atoms with Crippen LogP contribution in [0.15, 0.2) is 291 Å². The normalized spacial score (nSPS) is 11.4. The van der Waals surface area contributed by atoms with Crippen molar-refractivity contribution < 1.29 is 4.74 Å².